The zero-order valence-electron chi connectivity index (χ0n) is 6.27. The maximum absolute atomic E-state index is 11.3. The zero-order valence-corrected chi connectivity index (χ0v) is 7.16. The summed E-state index contributed by atoms with van der Waals surface area (Å²) in [5.41, 5.74) is 0. The van der Waals surface area contributed by atoms with Crippen molar-refractivity contribution in [3.05, 3.63) is 0 Å². The molecule has 0 heterocycles. The first-order valence-electron chi connectivity index (χ1n) is 3.15. The van der Waals surface area contributed by atoms with Crippen LogP contribution in [-0.4, -0.2) is 20.3 Å². The van der Waals surface area contributed by atoms with Crippen LogP contribution in [0.25, 0.3) is 0 Å². The van der Waals surface area contributed by atoms with E-state index < -0.39 is 7.44 Å². The molecule has 4 heteroatoms. The van der Waals surface area contributed by atoms with E-state index in [0.29, 0.717) is 0 Å². The van der Waals surface area contributed by atoms with Gasteiger partial charge in [-0.05, 0) is 20.5 Å². The highest BCUT2D eigenvalue weighted by molar-refractivity contribution is 7.59. The Balaban J connectivity index is 3.78. The maximum atomic E-state index is 11.3. The van der Waals surface area contributed by atoms with Crippen LogP contribution in [-0.2, 0) is 4.57 Å². The van der Waals surface area contributed by atoms with Crippen molar-refractivity contribution in [3.63, 3.8) is 0 Å². The summed E-state index contributed by atoms with van der Waals surface area (Å²) in [5, 5.41) is 5.55. The lowest BCUT2D eigenvalue weighted by Crippen LogP contribution is -2.17. The van der Waals surface area contributed by atoms with Gasteiger partial charge in [-0.1, -0.05) is 6.92 Å². The molecule has 0 unspecified atom stereocenters. The molecule has 0 saturated heterocycles. The summed E-state index contributed by atoms with van der Waals surface area (Å²) in [5.74, 6) is 0. The number of nitrogens with one attached hydrogen (secondary N) is 2. The van der Waals surface area contributed by atoms with Crippen LogP contribution in [0.5, 0.6) is 0 Å². The number of rotatable bonds is 4. The second-order valence-electron chi connectivity index (χ2n) is 1.91. The van der Waals surface area contributed by atoms with Crippen LogP contribution in [0, 0.1) is 0 Å². The molecule has 0 fully saturated rings. The summed E-state index contributed by atoms with van der Waals surface area (Å²) in [7, 11) is 1.25. The van der Waals surface area contributed by atoms with Crippen LogP contribution < -0.4 is 10.2 Å². The van der Waals surface area contributed by atoms with Gasteiger partial charge < -0.3 is 0 Å². The van der Waals surface area contributed by atoms with Gasteiger partial charge in [0.05, 0.1) is 0 Å². The molecule has 0 aromatic carbocycles. The zero-order chi connectivity index (χ0) is 7.33. The fourth-order valence-electron chi connectivity index (χ4n) is 0.650. The van der Waals surface area contributed by atoms with Gasteiger partial charge in [-0.2, -0.15) is 0 Å². The van der Waals surface area contributed by atoms with E-state index in [1.807, 2.05) is 6.92 Å². The Hall–Kier alpha value is 0.150. The summed E-state index contributed by atoms with van der Waals surface area (Å²) in [6, 6.07) is 0. The van der Waals surface area contributed by atoms with Gasteiger partial charge in [-0.15, -0.1) is 0 Å². The monoisotopic (exact) mass is 150 g/mol. The molecule has 0 bridgehead atoms. The Kier molecular flexibility index (Phi) is 4.11. The molecule has 0 rings (SSSR count). The van der Waals surface area contributed by atoms with E-state index >= 15 is 0 Å². The molecule has 0 spiro atoms. The van der Waals surface area contributed by atoms with Crippen molar-refractivity contribution >= 4 is 7.44 Å². The Bertz CT molecular complexity index is 108. The molecule has 0 aliphatic heterocycles. The first-order valence-corrected chi connectivity index (χ1v) is 5.05. The van der Waals surface area contributed by atoms with Gasteiger partial charge in [0, 0.05) is 6.16 Å². The average Bonchev–Trinajstić information content (AvgIpc) is 1.89. The first-order chi connectivity index (χ1) is 4.18. The van der Waals surface area contributed by atoms with E-state index in [4.69, 9.17) is 0 Å². The minimum absolute atomic E-state index is 0.722. The maximum Gasteiger partial charge on any atom is 0.210 e. The second-order valence-corrected chi connectivity index (χ2v) is 4.73. The van der Waals surface area contributed by atoms with Crippen molar-refractivity contribution in [2.45, 2.75) is 13.3 Å². The van der Waals surface area contributed by atoms with Crippen molar-refractivity contribution < 1.29 is 4.57 Å². The largest absolute Gasteiger partial charge is 0.289 e. The third-order valence-electron chi connectivity index (χ3n) is 1.26. The van der Waals surface area contributed by atoms with Crippen molar-refractivity contribution in [2.24, 2.45) is 0 Å². The van der Waals surface area contributed by atoms with E-state index in [1.54, 1.807) is 14.1 Å². The molecule has 56 valence electrons. The minimum atomic E-state index is -2.18. The molecule has 0 aromatic rings. The fraction of sp³-hybridized carbons (Fsp3) is 1.00. The lowest BCUT2D eigenvalue weighted by molar-refractivity contribution is 0.561. The minimum Gasteiger partial charge on any atom is -0.289 e. The Morgan fingerprint density at radius 2 is 1.78 bits per heavy atom. The first kappa shape index (κ1) is 9.15. The second kappa shape index (κ2) is 4.04. The summed E-state index contributed by atoms with van der Waals surface area (Å²) in [6.45, 7) is 2.02. The average molecular weight is 150 g/mol. The van der Waals surface area contributed by atoms with Gasteiger partial charge in [-0.3, -0.25) is 14.7 Å². The summed E-state index contributed by atoms with van der Waals surface area (Å²) >= 11 is 0. The molecule has 3 nitrogen and oxygen atoms in total. The standard InChI is InChI=1S/C5H15N2OP/c1-4-5-9(8,6-2)7-3/h4-5H2,1-3H3,(H2,6,7,8). The van der Waals surface area contributed by atoms with Crippen molar-refractivity contribution in [3.8, 4) is 0 Å². The normalized spacial score (nSPS) is 11.9. The topological polar surface area (TPSA) is 41.1 Å². The fourth-order valence-corrected chi connectivity index (χ4v) is 1.95. The molecular formula is C5H15N2OP. The summed E-state index contributed by atoms with van der Waals surface area (Å²) in [6.07, 6.45) is 1.67. The quantitative estimate of drug-likeness (QED) is 0.588. The lowest BCUT2D eigenvalue weighted by Gasteiger charge is -2.13. The van der Waals surface area contributed by atoms with Crippen LogP contribution >= 0.6 is 7.44 Å². The van der Waals surface area contributed by atoms with Gasteiger partial charge in [0.1, 0.15) is 0 Å². The van der Waals surface area contributed by atoms with Crippen molar-refractivity contribution in [1.82, 2.24) is 10.2 Å². The van der Waals surface area contributed by atoms with E-state index in [2.05, 4.69) is 10.2 Å². The number of hydrogen-bond donors (Lipinski definition) is 2. The smallest absolute Gasteiger partial charge is 0.210 e. The highest BCUT2D eigenvalue weighted by Crippen LogP contribution is 2.33. The van der Waals surface area contributed by atoms with Gasteiger partial charge >= 0.3 is 0 Å². The van der Waals surface area contributed by atoms with Crippen LogP contribution in [0.3, 0.4) is 0 Å². The van der Waals surface area contributed by atoms with Gasteiger partial charge in [0.2, 0.25) is 7.44 Å². The lowest BCUT2D eigenvalue weighted by atomic mass is 10.6. The Morgan fingerprint density at radius 3 is 1.89 bits per heavy atom. The molecule has 0 amide bonds. The molecule has 0 aromatic heterocycles. The molecule has 0 aliphatic rings. The summed E-state index contributed by atoms with van der Waals surface area (Å²) in [4.78, 5) is 0. The summed E-state index contributed by atoms with van der Waals surface area (Å²) < 4.78 is 11.3. The molecule has 2 N–H and O–H groups in total. The Labute approximate surface area is 56.7 Å². The molecule has 0 saturated carbocycles. The highest BCUT2D eigenvalue weighted by atomic mass is 31.2. The van der Waals surface area contributed by atoms with Crippen molar-refractivity contribution in [2.75, 3.05) is 20.3 Å². The van der Waals surface area contributed by atoms with E-state index in [0.717, 1.165) is 12.6 Å². The van der Waals surface area contributed by atoms with E-state index in [1.165, 1.54) is 0 Å². The predicted molar refractivity (Wildman–Crippen MR) is 40.9 cm³/mol. The van der Waals surface area contributed by atoms with Gasteiger partial charge in [-0.25, -0.2) is 0 Å². The number of hydrogen-bond acceptors (Lipinski definition) is 1. The van der Waals surface area contributed by atoms with Gasteiger partial charge in [0.25, 0.3) is 0 Å². The van der Waals surface area contributed by atoms with Crippen LogP contribution in [0.15, 0.2) is 0 Å². The molecule has 0 radical (unpaired) electrons. The molecular weight excluding hydrogens is 135 g/mol. The highest BCUT2D eigenvalue weighted by Gasteiger charge is 2.13. The van der Waals surface area contributed by atoms with Crippen LogP contribution in [0.4, 0.5) is 0 Å². The molecule has 0 aliphatic carbocycles. The third kappa shape index (κ3) is 2.99. The van der Waals surface area contributed by atoms with Crippen LogP contribution in [0.1, 0.15) is 13.3 Å². The molecule has 9 heavy (non-hydrogen) atoms. The van der Waals surface area contributed by atoms with Crippen molar-refractivity contribution in [1.29, 1.82) is 0 Å². The van der Waals surface area contributed by atoms with Gasteiger partial charge in [0.15, 0.2) is 0 Å². The third-order valence-corrected chi connectivity index (χ3v) is 3.78. The Morgan fingerprint density at radius 1 is 1.33 bits per heavy atom. The van der Waals surface area contributed by atoms with E-state index in [9.17, 15) is 4.57 Å². The predicted octanol–water partition coefficient (Wildman–Crippen LogP) is 1.03. The van der Waals surface area contributed by atoms with Crippen LogP contribution in [0.2, 0.25) is 0 Å². The van der Waals surface area contributed by atoms with E-state index in [-0.39, 0.29) is 0 Å². The molecule has 0 atom stereocenters. The SMILES string of the molecule is CCCP(=O)(NC)NC.